The Morgan fingerprint density at radius 1 is 0.821 bits per heavy atom. The van der Waals surface area contributed by atoms with Gasteiger partial charge in [-0.05, 0) is 11.1 Å². The Morgan fingerprint density at radius 3 is 1.93 bits per heavy atom. The molecule has 3 aromatic rings. The minimum atomic E-state index is -2.40. The van der Waals surface area contributed by atoms with E-state index in [4.69, 9.17) is 0 Å². The predicted molar refractivity (Wildman–Crippen MR) is 104 cm³/mol. The fourth-order valence-corrected chi connectivity index (χ4v) is 3.30. The molecule has 2 atom stereocenters. The van der Waals surface area contributed by atoms with Gasteiger partial charge in [0.05, 0.1) is 12.5 Å². The molecule has 0 bridgehead atoms. The highest BCUT2D eigenvalue weighted by atomic mass is 16.4. The summed E-state index contributed by atoms with van der Waals surface area (Å²) in [7, 11) is 0. The van der Waals surface area contributed by atoms with Gasteiger partial charge in [0.15, 0.2) is 5.78 Å². The first-order chi connectivity index (χ1) is 13.5. The van der Waals surface area contributed by atoms with Crippen molar-refractivity contribution in [2.75, 3.05) is 6.61 Å². The number of carboxylic acids is 1. The van der Waals surface area contributed by atoms with Crippen LogP contribution in [0.2, 0.25) is 0 Å². The second-order valence-electron chi connectivity index (χ2n) is 6.44. The summed E-state index contributed by atoms with van der Waals surface area (Å²) in [5.74, 6) is -2.81. The van der Waals surface area contributed by atoms with Crippen molar-refractivity contribution in [1.29, 1.82) is 0 Å². The normalized spacial score (nSPS) is 14.1. The molecule has 0 aliphatic rings. The van der Waals surface area contributed by atoms with Crippen LogP contribution >= 0.6 is 0 Å². The summed E-state index contributed by atoms with van der Waals surface area (Å²) in [5, 5.41) is 30.9. The molecule has 3 N–H and O–H groups in total. The molecule has 0 radical (unpaired) electrons. The number of aliphatic carboxylic acids is 1. The van der Waals surface area contributed by atoms with Crippen LogP contribution in [-0.2, 0) is 10.4 Å². The molecule has 0 heterocycles. The van der Waals surface area contributed by atoms with Gasteiger partial charge in [-0.2, -0.15) is 0 Å². The molecule has 3 aromatic carbocycles. The van der Waals surface area contributed by atoms with Crippen LogP contribution in [0.3, 0.4) is 0 Å². The van der Waals surface area contributed by atoms with Crippen molar-refractivity contribution in [3.8, 4) is 0 Å². The van der Waals surface area contributed by atoms with E-state index in [1.54, 1.807) is 60.7 Å². The number of benzene rings is 3. The van der Waals surface area contributed by atoms with E-state index >= 15 is 0 Å². The summed E-state index contributed by atoms with van der Waals surface area (Å²) in [6.45, 7) is -0.436. The number of aliphatic hydroxyl groups is 2. The fraction of sp³-hybridized carbons (Fsp3) is 0.130. The first-order valence-corrected chi connectivity index (χ1v) is 8.81. The van der Waals surface area contributed by atoms with Gasteiger partial charge in [-0.25, -0.2) is 4.79 Å². The van der Waals surface area contributed by atoms with E-state index in [1.807, 2.05) is 0 Å². The van der Waals surface area contributed by atoms with Crippen molar-refractivity contribution in [3.63, 3.8) is 0 Å². The number of carbonyl (C=O) groups is 2. The number of rotatable bonds is 7. The maximum absolute atomic E-state index is 13.2. The number of aliphatic hydroxyl groups excluding tert-OH is 1. The molecular formula is C23H20O5. The van der Waals surface area contributed by atoms with Crippen LogP contribution in [0.4, 0.5) is 0 Å². The van der Waals surface area contributed by atoms with Gasteiger partial charge >= 0.3 is 5.97 Å². The number of Topliss-reactive ketones (excluding diaryl/α,β-unsaturated/α-hetero) is 1. The Hall–Kier alpha value is -3.28. The lowest BCUT2D eigenvalue weighted by molar-refractivity contribution is -0.155. The van der Waals surface area contributed by atoms with Crippen LogP contribution < -0.4 is 0 Å². The monoisotopic (exact) mass is 376 g/mol. The zero-order valence-corrected chi connectivity index (χ0v) is 15.0. The van der Waals surface area contributed by atoms with Gasteiger partial charge in [0.25, 0.3) is 0 Å². The molecule has 142 valence electrons. The van der Waals surface area contributed by atoms with E-state index in [0.29, 0.717) is 5.56 Å². The van der Waals surface area contributed by atoms with Gasteiger partial charge in [-0.15, -0.1) is 0 Å². The van der Waals surface area contributed by atoms with Gasteiger partial charge in [0, 0.05) is 11.1 Å². The highest BCUT2D eigenvalue weighted by molar-refractivity contribution is 6.04. The SMILES string of the molecule is O=C(c1ccccc1C(O)(C(=O)O)c1ccccc1)C(CO)c1ccccc1. The van der Waals surface area contributed by atoms with Crippen LogP contribution in [0, 0.1) is 0 Å². The average molecular weight is 376 g/mol. The van der Waals surface area contributed by atoms with Crippen molar-refractivity contribution >= 4 is 11.8 Å². The van der Waals surface area contributed by atoms with Gasteiger partial charge in [0.2, 0.25) is 5.60 Å². The first-order valence-electron chi connectivity index (χ1n) is 8.81. The zero-order valence-electron chi connectivity index (χ0n) is 15.0. The van der Waals surface area contributed by atoms with Gasteiger partial charge in [-0.1, -0.05) is 84.9 Å². The fourth-order valence-electron chi connectivity index (χ4n) is 3.30. The predicted octanol–water partition coefficient (Wildman–Crippen LogP) is 2.97. The standard InChI is InChI=1S/C23H20O5/c24-15-19(16-9-3-1-4-10-16)21(25)18-13-7-8-14-20(18)23(28,22(26)27)17-11-5-2-6-12-17/h1-14,19,24,28H,15H2,(H,26,27). The van der Waals surface area contributed by atoms with Crippen LogP contribution in [0.25, 0.3) is 0 Å². The smallest absolute Gasteiger partial charge is 0.345 e. The van der Waals surface area contributed by atoms with E-state index in [2.05, 4.69) is 0 Å². The lowest BCUT2D eigenvalue weighted by Gasteiger charge is -2.27. The Morgan fingerprint density at radius 2 is 1.36 bits per heavy atom. The van der Waals surface area contributed by atoms with E-state index in [-0.39, 0.29) is 16.7 Å². The third-order valence-electron chi connectivity index (χ3n) is 4.78. The number of carbonyl (C=O) groups excluding carboxylic acids is 1. The number of hydrogen-bond donors (Lipinski definition) is 3. The maximum Gasteiger partial charge on any atom is 0.345 e. The first kappa shape index (κ1) is 19.5. The third kappa shape index (κ3) is 3.45. The van der Waals surface area contributed by atoms with Crippen molar-refractivity contribution in [1.82, 2.24) is 0 Å². The summed E-state index contributed by atoms with van der Waals surface area (Å²) in [6, 6.07) is 22.8. The van der Waals surface area contributed by atoms with Crippen LogP contribution in [0.15, 0.2) is 84.9 Å². The Balaban J connectivity index is 2.15. The van der Waals surface area contributed by atoms with Crippen molar-refractivity contribution in [2.45, 2.75) is 11.5 Å². The topological polar surface area (TPSA) is 94.8 Å². The second kappa shape index (κ2) is 8.17. The lowest BCUT2D eigenvalue weighted by atomic mass is 9.80. The quantitative estimate of drug-likeness (QED) is 0.551. The molecule has 3 rings (SSSR count). The van der Waals surface area contributed by atoms with Gasteiger partial charge < -0.3 is 15.3 Å². The van der Waals surface area contributed by atoms with Crippen molar-refractivity contribution in [2.24, 2.45) is 0 Å². The van der Waals surface area contributed by atoms with E-state index in [1.165, 1.54) is 24.3 Å². The molecule has 0 saturated carbocycles. The van der Waals surface area contributed by atoms with Gasteiger partial charge in [0.1, 0.15) is 0 Å². The van der Waals surface area contributed by atoms with Crippen LogP contribution in [-0.4, -0.2) is 33.7 Å². The van der Waals surface area contributed by atoms with Gasteiger partial charge in [-0.3, -0.25) is 4.79 Å². The lowest BCUT2D eigenvalue weighted by Crippen LogP contribution is -2.38. The minimum Gasteiger partial charge on any atom is -0.479 e. The molecule has 28 heavy (non-hydrogen) atoms. The molecule has 0 amide bonds. The number of hydrogen-bond acceptors (Lipinski definition) is 4. The summed E-state index contributed by atoms with van der Waals surface area (Å²) in [4.78, 5) is 25.3. The molecule has 0 saturated heterocycles. The van der Waals surface area contributed by atoms with E-state index < -0.39 is 29.9 Å². The number of ketones is 1. The molecule has 0 aliphatic carbocycles. The molecule has 2 unspecified atom stereocenters. The summed E-state index contributed by atoms with van der Waals surface area (Å²) in [6.07, 6.45) is 0. The maximum atomic E-state index is 13.2. The molecule has 5 nitrogen and oxygen atoms in total. The summed E-state index contributed by atoms with van der Waals surface area (Å²) < 4.78 is 0. The molecular weight excluding hydrogens is 356 g/mol. The zero-order chi connectivity index (χ0) is 20.1. The minimum absolute atomic E-state index is 0.0342. The molecule has 0 aliphatic heterocycles. The Kier molecular flexibility index (Phi) is 5.68. The van der Waals surface area contributed by atoms with E-state index in [0.717, 1.165) is 0 Å². The van der Waals surface area contributed by atoms with Crippen molar-refractivity contribution in [3.05, 3.63) is 107 Å². The highest BCUT2D eigenvalue weighted by Crippen LogP contribution is 2.34. The molecule has 0 aromatic heterocycles. The van der Waals surface area contributed by atoms with Crippen molar-refractivity contribution < 1.29 is 24.9 Å². The Bertz CT molecular complexity index is 969. The molecule has 0 fully saturated rings. The number of carboxylic acid groups (broad SMARTS) is 1. The summed E-state index contributed by atoms with van der Waals surface area (Å²) in [5.41, 5.74) is -1.62. The van der Waals surface area contributed by atoms with Crippen LogP contribution in [0.1, 0.15) is 33.0 Å². The second-order valence-corrected chi connectivity index (χ2v) is 6.44. The average Bonchev–Trinajstić information content (AvgIpc) is 2.75. The van der Waals surface area contributed by atoms with Crippen LogP contribution in [0.5, 0.6) is 0 Å². The third-order valence-corrected chi connectivity index (χ3v) is 4.78. The largest absolute Gasteiger partial charge is 0.479 e. The van der Waals surface area contributed by atoms with E-state index in [9.17, 15) is 24.9 Å². The summed E-state index contributed by atoms with van der Waals surface area (Å²) >= 11 is 0. The highest BCUT2D eigenvalue weighted by Gasteiger charge is 2.43. The molecule has 5 heteroatoms. The molecule has 0 spiro atoms. The Labute approximate surface area is 162 Å².